The number of piperidine rings is 1. The van der Waals surface area contributed by atoms with Crippen LogP contribution in [0.1, 0.15) is 32.1 Å². The highest BCUT2D eigenvalue weighted by molar-refractivity contribution is 14.0. The Morgan fingerprint density at radius 1 is 1.22 bits per heavy atom. The Bertz CT molecular complexity index is 341. The summed E-state index contributed by atoms with van der Waals surface area (Å²) in [5, 5.41) is 3.50. The summed E-state index contributed by atoms with van der Waals surface area (Å²) in [7, 11) is 6.17. The predicted octanol–water partition coefficient (Wildman–Crippen LogP) is 2.27. The number of likely N-dealkylation sites (N-methyl/N-ethyl adjacent to an activating group) is 1. The fraction of sp³-hybridized carbons (Fsp3) is 0.941. The molecule has 5 nitrogen and oxygen atoms in total. The highest BCUT2D eigenvalue weighted by atomic mass is 127. The molecule has 0 radical (unpaired) electrons. The van der Waals surface area contributed by atoms with E-state index in [1.807, 2.05) is 7.05 Å². The highest BCUT2D eigenvalue weighted by Crippen LogP contribution is 2.28. The quantitative estimate of drug-likeness (QED) is 0.273. The lowest BCUT2D eigenvalue weighted by Crippen LogP contribution is -2.41. The minimum atomic E-state index is 0. The SMILES string of the molecule is CN=C(NCCC1CCN(C)CC1)N(C)CCOCC1CC1.I. The van der Waals surface area contributed by atoms with Crippen LogP contribution in [0.25, 0.3) is 0 Å². The number of nitrogens with zero attached hydrogens (tertiary/aromatic N) is 3. The van der Waals surface area contributed by atoms with Crippen molar-refractivity contribution in [1.82, 2.24) is 15.1 Å². The maximum absolute atomic E-state index is 5.70. The Morgan fingerprint density at radius 3 is 2.52 bits per heavy atom. The fourth-order valence-corrected chi connectivity index (χ4v) is 2.97. The molecule has 2 rings (SSSR count). The molecule has 0 aromatic carbocycles. The zero-order valence-electron chi connectivity index (χ0n) is 15.1. The third-order valence-electron chi connectivity index (χ3n) is 4.87. The molecule has 0 aromatic heterocycles. The summed E-state index contributed by atoms with van der Waals surface area (Å²) < 4.78 is 5.70. The molecule has 1 heterocycles. The van der Waals surface area contributed by atoms with Crippen molar-refractivity contribution >= 4 is 29.9 Å². The molecule has 2 aliphatic rings. The Morgan fingerprint density at radius 2 is 1.91 bits per heavy atom. The lowest BCUT2D eigenvalue weighted by atomic mass is 9.94. The summed E-state index contributed by atoms with van der Waals surface area (Å²) in [6, 6.07) is 0. The third-order valence-corrected chi connectivity index (χ3v) is 4.87. The van der Waals surface area contributed by atoms with Crippen molar-refractivity contribution in [3.8, 4) is 0 Å². The van der Waals surface area contributed by atoms with Gasteiger partial charge in [-0.05, 0) is 64.1 Å². The van der Waals surface area contributed by atoms with E-state index in [0.717, 1.165) is 44.1 Å². The molecule has 0 spiro atoms. The minimum absolute atomic E-state index is 0. The van der Waals surface area contributed by atoms with E-state index in [9.17, 15) is 0 Å². The Kier molecular flexibility index (Phi) is 10.5. The fourth-order valence-electron chi connectivity index (χ4n) is 2.97. The maximum atomic E-state index is 5.70. The van der Waals surface area contributed by atoms with Gasteiger partial charge in [-0.1, -0.05) is 0 Å². The van der Waals surface area contributed by atoms with Crippen LogP contribution in [-0.2, 0) is 4.74 Å². The van der Waals surface area contributed by atoms with Gasteiger partial charge in [-0.15, -0.1) is 24.0 Å². The van der Waals surface area contributed by atoms with Crippen LogP contribution in [-0.4, -0.2) is 76.3 Å². The Balaban J connectivity index is 0.00000264. The van der Waals surface area contributed by atoms with Crippen LogP contribution in [0.4, 0.5) is 0 Å². The number of nitrogens with one attached hydrogen (secondary N) is 1. The molecule has 6 heteroatoms. The molecule has 0 amide bonds. The van der Waals surface area contributed by atoms with Crippen LogP contribution in [0.15, 0.2) is 4.99 Å². The normalized spacial score (nSPS) is 20.2. The van der Waals surface area contributed by atoms with E-state index in [-0.39, 0.29) is 24.0 Å². The van der Waals surface area contributed by atoms with Gasteiger partial charge in [0.1, 0.15) is 0 Å². The molecule has 136 valence electrons. The predicted molar refractivity (Wildman–Crippen MR) is 108 cm³/mol. The number of hydrogen-bond donors (Lipinski definition) is 1. The molecule has 0 unspecified atom stereocenters. The van der Waals surface area contributed by atoms with Crippen LogP contribution in [0.5, 0.6) is 0 Å². The zero-order chi connectivity index (χ0) is 15.8. The summed E-state index contributed by atoms with van der Waals surface area (Å²) in [4.78, 5) is 8.97. The molecular formula is C17H35IN4O. The van der Waals surface area contributed by atoms with Crippen LogP contribution < -0.4 is 5.32 Å². The number of guanidine groups is 1. The summed E-state index contributed by atoms with van der Waals surface area (Å²) in [5.41, 5.74) is 0. The van der Waals surface area contributed by atoms with Gasteiger partial charge in [-0.25, -0.2) is 0 Å². The second-order valence-corrected chi connectivity index (χ2v) is 6.95. The average molecular weight is 438 g/mol. The van der Waals surface area contributed by atoms with Crippen molar-refractivity contribution in [2.45, 2.75) is 32.1 Å². The number of ether oxygens (including phenoxy) is 1. The van der Waals surface area contributed by atoms with E-state index in [2.05, 4.69) is 34.2 Å². The first kappa shape index (κ1) is 21.0. The second kappa shape index (κ2) is 11.5. The van der Waals surface area contributed by atoms with E-state index < -0.39 is 0 Å². The van der Waals surface area contributed by atoms with Crippen LogP contribution >= 0.6 is 24.0 Å². The molecule has 1 N–H and O–H groups in total. The number of halogens is 1. The number of aliphatic imine (C=N–C) groups is 1. The minimum Gasteiger partial charge on any atom is -0.379 e. The third kappa shape index (κ3) is 8.54. The molecule has 1 saturated carbocycles. The van der Waals surface area contributed by atoms with Crippen molar-refractivity contribution in [2.75, 3.05) is 60.5 Å². The first-order valence-corrected chi connectivity index (χ1v) is 8.87. The molecule has 1 aliphatic heterocycles. The van der Waals surface area contributed by atoms with Gasteiger partial charge in [-0.2, -0.15) is 0 Å². The van der Waals surface area contributed by atoms with Crippen LogP contribution in [0.3, 0.4) is 0 Å². The zero-order valence-corrected chi connectivity index (χ0v) is 17.4. The van der Waals surface area contributed by atoms with E-state index >= 15 is 0 Å². The molecule has 1 saturated heterocycles. The number of hydrogen-bond acceptors (Lipinski definition) is 3. The monoisotopic (exact) mass is 438 g/mol. The standard InChI is InChI=1S/C17H34N4O.HI/c1-18-17(21(3)12-13-22-14-16-4-5-16)19-9-6-15-7-10-20(2)11-8-15;/h15-16H,4-14H2,1-3H3,(H,18,19);1H. The summed E-state index contributed by atoms with van der Waals surface area (Å²) in [6.07, 6.45) is 6.63. The summed E-state index contributed by atoms with van der Waals surface area (Å²) >= 11 is 0. The van der Waals surface area contributed by atoms with Gasteiger partial charge in [0.2, 0.25) is 0 Å². The van der Waals surface area contributed by atoms with Gasteiger partial charge in [0, 0.05) is 33.8 Å². The molecule has 0 atom stereocenters. The van der Waals surface area contributed by atoms with E-state index in [1.54, 1.807) is 0 Å². The lowest BCUT2D eigenvalue weighted by molar-refractivity contribution is 0.115. The Labute approximate surface area is 159 Å². The topological polar surface area (TPSA) is 40.1 Å². The van der Waals surface area contributed by atoms with Crippen molar-refractivity contribution in [3.05, 3.63) is 0 Å². The van der Waals surface area contributed by atoms with Crippen molar-refractivity contribution in [2.24, 2.45) is 16.8 Å². The van der Waals surface area contributed by atoms with E-state index in [4.69, 9.17) is 4.74 Å². The number of rotatable bonds is 8. The average Bonchev–Trinajstić information content (AvgIpc) is 3.34. The highest BCUT2D eigenvalue weighted by Gasteiger charge is 2.21. The van der Waals surface area contributed by atoms with E-state index in [1.165, 1.54) is 45.2 Å². The van der Waals surface area contributed by atoms with Crippen molar-refractivity contribution in [3.63, 3.8) is 0 Å². The molecule has 2 fully saturated rings. The molecule has 1 aliphatic carbocycles. The van der Waals surface area contributed by atoms with Gasteiger partial charge < -0.3 is 19.9 Å². The van der Waals surface area contributed by atoms with Gasteiger partial charge in [0.15, 0.2) is 5.96 Å². The Hall–Kier alpha value is -0.0800. The lowest BCUT2D eigenvalue weighted by Gasteiger charge is -2.29. The molecule has 23 heavy (non-hydrogen) atoms. The number of likely N-dealkylation sites (tertiary alicyclic amines) is 1. The molecule has 0 bridgehead atoms. The van der Waals surface area contributed by atoms with Gasteiger partial charge in [-0.3, -0.25) is 4.99 Å². The van der Waals surface area contributed by atoms with Gasteiger partial charge in [0.05, 0.1) is 6.61 Å². The second-order valence-electron chi connectivity index (χ2n) is 6.95. The first-order chi connectivity index (χ1) is 10.7. The van der Waals surface area contributed by atoms with Gasteiger partial charge in [0.25, 0.3) is 0 Å². The van der Waals surface area contributed by atoms with Crippen LogP contribution in [0, 0.1) is 11.8 Å². The van der Waals surface area contributed by atoms with Crippen LogP contribution in [0.2, 0.25) is 0 Å². The maximum Gasteiger partial charge on any atom is 0.193 e. The van der Waals surface area contributed by atoms with E-state index in [0.29, 0.717) is 0 Å². The first-order valence-electron chi connectivity index (χ1n) is 8.87. The van der Waals surface area contributed by atoms with Crippen molar-refractivity contribution < 1.29 is 4.74 Å². The molecule has 0 aromatic rings. The summed E-state index contributed by atoms with van der Waals surface area (Å²) in [5.74, 6) is 2.70. The molecular weight excluding hydrogens is 403 g/mol. The largest absolute Gasteiger partial charge is 0.379 e. The van der Waals surface area contributed by atoms with Crippen molar-refractivity contribution in [1.29, 1.82) is 0 Å². The van der Waals surface area contributed by atoms with Gasteiger partial charge >= 0.3 is 0 Å². The summed E-state index contributed by atoms with van der Waals surface area (Å²) in [6.45, 7) is 6.16. The smallest absolute Gasteiger partial charge is 0.193 e.